The number of nitrogens with zero attached hydrogens (tertiary/aromatic N) is 2. The summed E-state index contributed by atoms with van der Waals surface area (Å²) in [5.41, 5.74) is 1.09. The number of hydrogen-bond donors (Lipinski definition) is 2. The smallest absolute Gasteiger partial charge is 0.411 e. The molecule has 2 amide bonds. The third-order valence-electron chi connectivity index (χ3n) is 4.98. The van der Waals surface area contributed by atoms with E-state index < -0.39 is 12.2 Å². The Balaban J connectivity index is 2.26. The monoisotopic (exact) mass is 450 g/mol. The molecule has 0 radical (unpaired) electrons. The van der Waals surface area contributed by atoms with E-state index in [2.05, 4.69) is 48.4 Å². The Morgan fingerprint density at radius 1 is 0.750 bits per heavy atom. The van der Waals surface area contributed by atoms with Crippen LogP contribution in [0.4, 0.5) is 21.0 Å². The average Bonchev–Trinajstić information content (AvgIpc) is 2.77. The third kappa shape index (κ3) is 13.9. The second-order valence-corrected chi connectivity index (χ2v) is 8.12. The molecule has 0 heterocycles. The maximum atomic E-state index is 12.0. The summed E-state index contributed by atoms with van der Waals surface area (Å²) < 4.78 is 10.5. The molecule has 8 heteroatoms. The van der Waals surface area contributed by atoms with Gasteiger partial charge >= 0.3 is 12.2 Å². The Labute approximate surface area is 193 Å². The molecule has 8 nitrogen and oxygen atoms in total. The van der Waals surface area contributed by atoms with Gasteiger partial charge in [0.25, 0.3) is 0 Å². The molecule has 1 aromatic carbocycles. The quantitative estimate of drug-likeness (QED) is 0.344. The lowest BCUT2D eigenvalue weighted by Crippen LogP contribution is -2.23. The van der Waals surface area contributed by atoms with Crippen LogP contribution in [-0.4, -0.2) is 75.5 Å². The summed E-state index contributed by atoms with van der Waals surface area (Å²) >= 11 is 0. The minimum absolute atomic E-state index is 0.361. The standard InChI is InChI=1S/C24H42N4O4/c1-5-7-14-27(3)16-10-18-31-23(29)25-21-12-9-13-22(20-21)26-24(30)32-19-11-17-28(4)15-8-6-2/h9,12-13,20H,5-8,10-11,14-19H2,1-4H3,(H,25,29)(H,26,30). The van der Waals surface area contributed by atoms with Crippen LogP contribution >= 0.6 is 0 Å². The molecular formula is C24H42N4O4. The molecule has 1 aromatic rings. The molecule has 0 spiro atoms. The van der Waals surface area contributed by atoms with Crippen LogP contribution in [0.15, 0.2) is 24.3 Å². The van der Waals surface area contributed by atoms with Crippen LogP contribution in [0.5, 0.6) is 0 Å². The van der Waals surface area contributed by atoms with Crippen molar-refractivity contribution in [2.24, 2.45) is 0 Å². The zero-order valence-corrected chi connectivity index (χ0v) is 20.3. The van der Waals surface area contributed by atoms with E-state index in [4.69, 9.17) is 9.47 Å². The van der Waals surface area contributed by atoms with Gasteiger partial charge in [0.15, 0.2) is 0 Å². The zero-order valence-electron chi connectivity index (χ0n) is 20.3. The molecule has 0 aromatic heterocycles. The third-order valence-corrected chi connectivity index (χ3v) is 4.98. The Hall–Kier alpha value is -2.32. The fourth-order valence-electron chi connectivity index (χ4n) is 3.06. The molecule has 0 fully saturated rings. The van der Waals surface area contributed by atoms with Crippen molar-refractivity contribution in [1.82, 2.24) is 9.80 Å². The highest BCUT2D eigenvalue weighted by Gasteiger charge is 2.07. The minimum Gasteiger partial charge on any atom is -0.449 e. The van der Waals surface area contributed by atoms with Crippen molar-refractivity contribution in [1.29, 1.82) is 0 Å². The van der Waals surface area contributed by atoms with E-state index in [-0.39, 0.29) is 0 Å². The van der Waals surface area contributed by atoms with Crippen molar-refractivity contribution in [2.45, 2.75) is 52.4 Å². The van der Waals surface area contributed by atoms with Gasteiger partial charge in [0.05, 0.1) is 13.2 Å². The first-order valence-corrected chi connectivity index (χ1v) is 11.8. The second kappa shape index (κ2) is 17.3. The molecule has 0 unspecified atom stereocenters. The van der Waals surface area contributed by atoms with Crippen molar-refractivity contribution < 1.29 is 19.1 Å². The molecule has 0 bridgehead atoms. The van der Waals surface area contributed by atoms with Gasteiger partial charge in [-0.15, -0.1) is 0 Å². The van der Waals surface area contributed by atoms with Gasteiger partial charge in [0.2, 0.25) is 0 Å². The van der Waals surface area contributed by atoms with Crippen LogP contribution in [0.3, 0.4) is 0 Å². The van der Waals surface area contributed by atoms with Crippen molar-refractivity contribution in [3.05, 3.63) is 24.3 Å². The Bertz CT molecular complexity index is 605. The van der Waals surface area contributed by atoms with E-state index in [0.29, 0.717) is 24.6 Å². The van der Waals surface area contributed by atoms with Crippen molar-refractivity contribution in [3.63, 3.8) is 0 Å². The van der Waals surface area contributed by atoms with Crippen LogP contribution < -0.4 is 10.6 Å². The van der Waals surface area contributed by atoms with Crippen LogP contribution in [-0.2, 0) is 9.47 Å². The van der Waals surface area contributed by atoms with E-state index in [0.717, 1.165) is 39.0 Å². The summed E-state index contributed by atoms with van der Waals surface area (Å²) in [5, 5.41) is 5.37. The highest BCUT2D eigenvalue weighted by Crippen LogP contribution is 2.15. The lowest BCUT2D eigenvalue weighted by atomic mass is 10.3. The van der Waals surface area contributed by atoms with E-state index in [1.54, 1.807) is 24.3 Å². The molecule has 182 valence electrons. The molecule has 32 heavy (non-hydrogen) atoms. The first-order valence-electron chi connectivity index (χ1n) is 11.8. The number of nitrogens with one attached hydrogen (secondary N) is 2. The summed E-state index contributed by atoms with van der Waals surface area (Å²) in [6, 6.07) is 6.89. The van der Waals surface area contributed by atoms with Gasteiger partial charge in [0, 0.05) is 24.5 Å². The number of amides is 2. The molecule has 1 rings (SSSR count). The summed E-state index contributed by atoms with van der Waals surface area (Å²) in [5.74, 6) is 0. The van der Waals surface area contributed by atoms with Gasteiger partial charge in [0.1, 0.15) is 0 Å². The average molecular weight is 451 g/mol. The molecular weight excluding hydrogens is 408 g/mol. The first kappa shape index (κ1) is 27.7. The fraction of sp³-hybridized carbons (Fsp3) is 0.667. The Kier molecular flexibility index (Phi) is 14.9. The summed E-state index contributed by atoms with van der Waals surface area (Å²) in [4.78, 5) is 28.5. The van der Waals surface area contributed by atoms with E-state index >= 15 is 0 Å². The fourth-order valence-corrected chi connectivity index (χ4v) is 3.06. The number of ether oxygens (including phenoxy) is 2. The lowest BCUT2D eigenvalue weighted by molar-refractivity contribution is 0.154. The number of unbranched alkanes of at least 4 members (excludes halogenated alkanes) is 2. The van der Waals surface area contributed by atoms with Crippen LogP contribution in [0.25, 0.3) is 0 Å². The molecule has 0 aliphatic rings. The maximum absolute atomic E-state index is 12.0. The second-order valence-electron chi connectivity index (χ2n) is 8.12. The predicted molar refractivity (Wildman–Crippen MR) is 130 cm³/mol. The van der Waals surface area contributed by atoms with Gasteiger partial charge < -0.3 is 19.3 Å². The van der Waals surface area contributed by atoms with Gasteiger partial charge in [-0.25, -0.2) is 9.59 Å². The molecule has 2 N–H and O–H groups in total. The zero-order chi connectivity index (χ0) is 23.6. The summed E-state index contributed by atoms with van der Waals surface area (Å²) in [6.45, 7) is 8.96. The number of rotatable bonds is 16. The van der Waals surface area contributed by atoms with Gasteiger partial charge in [-0.05, 0) is 71.1 Å². The van der Waals surface area contributed by atoms with Crippen molar-refractivity contribution in [2.75, 3.05) is 64.1 Å². The Morgan fingerprint density at radius 3 is 1.56 bits per heavy atom. The molecule has 0 aliphatic heterocycles. The van der Waals surface area contributed by atoms with Gasteiger partial charge in [-0.1, -0.05) is 32.8 Å². The number of benzene rings is 1. The lowest BCUT2D eigenvalue weighted by Gasteiger charge is -2.16. The van der Waals surface area contributed by atoms with E-state index in [9.17, 15) is 9.59 Å². The highest BCUT2D eigenvalue weighted by molar-refractivity contribution is 5.88. The normalized spacial score (nSPS) is 10.9. The number of carbonyl (C=O) groups excluding carboxylic acids is 2. The van der Waals surface area contributed by atoms with Crippen molar-refractivity contribution in [3.8, 4) is 0 Å². The molecule has 0 aliphatic carbocycles. The highest BCUT2D eigenvalue weighted by atomic mass is 16.6. The molecule has 0 saturated heterocycles. The first-order chi connectivity index (χ1) is 15.4. The van der Waals surface area contributed by atoms with Gasteiger partial charge in [-0.3, -0.25) is 10.6 Å². The Morgan fingerprint density at radius 2 is 1.16 bits per heavy atom. The number of hydrogen-bond acceptors (Lipinski definition) is 6. The van der Waals surface area contributed by atoms with Gasteiger partial charge in [-0.2, -0.15) is 0 Å². The summed E-state index contributed by atoms with van der Waals surface area (Å²) in [7, 11) is 4.15. The van der Waals surface area contributed by atoms with Crippen LogP contribution in [0.2, 0.25) is 0 Å². The number of anilines is 2. The van der Waals surface area contributed by atoms with Crippen LogP contribution in [0.1, 0.15) is 52.4 Å². The number of carbonyl (C=O) groups is 2. The van der Waals surface area contributed by atoms with E-state index in [1.165, 1.54) is 25.7 Å². The largest absolute Gasteiger partial charge is 0.449 e. The van der Waals surface area contributed by atoms with Crippen molar-refractivity contribution >= 4 is 23.6 Å². The predicted octanol–water partition coefficient (Wildman–Crippen LogP) is 5.03. The topological polar surface area (TPSA) is 83.1 Å². The SMILES string of the molecule is CCCCN(C)CCCOC(=O)Nc1cccc(NC(=O)OCCCN(C)CCCC)c1. The maximum Gasteiger partial charge on any atom is 0.411 e. The molecule has 0 atom stereocenters. The molecule has 0 saturated carbocycles. The summed E-state index contributed by atoms with van der Waals surface area (Å²) in [6.07, 6.45) is 5.25. The van der Waals surface area contributed by atoms with E-state index in [1.807, 2.05) is 0 Å². The van der Waals surface area contributed by atoms with Crippen LogP contribution in [0, 0.1) is 0 Å². The minimum atomic E-state index is -0.506.